The number of carboxylic acid groups (broad SMARTS) is 1. The predicted octanol–water partition coefficient (Wildman–Crippen LogP) is -0.667. The third kappa shape index (κ3) is 2.67. The molecule has 1 amide bonds. The Morgan fingerprint density at radius 1 is 1.25 bits per heavy atom. The van der Waals surface area contributed by atoms with E-state index in [0.29, 0.717) is 0 Å². The minimum absolute atomic E-state index is 0.815. The van der Waals surface area contributed by atoms with Gasteiger partial charge in [-0.3, -0.25) is 0 Å². The predicted molar refractivity (Wildman–Crippen MR) is 45.0 cm³/mol. The number of primary amides is 1. The van der Waals surface area contributed by atoms with E-state index in [9.17, 15) is 0 Å². The molecule has 2 rings (SSSR count). The summed E-state index contributed by atoms with van der Waals surface area (Å²) in [6, 6.07) is 1.63. The molecule has 0 spiro atoms. The van der Waals surface area contributed by atoms with Crippen molar-refractivity contribution in [3.8, 4) is 0 Å². The summed E-state index contributed by atoms with van der Waals surface area (Å²) < 4.78 is 0. The Morgan fingerprint density at radius 3 is 1.92 bits per heavy atom. The molecule has 2 unspecified atom stereocenters. The van der Waals surface area contributed by atoms with Crippen LogP contribution in [0.1, 0.15) is 12.8 Å². The second-order valence-corrected chi connectivity index (χ2v) is 3.04. The van der Waals surface area contributed by atoms with Crippen LogP contribution in [0.25, 0.3) is 0 Å². The summed E-state index contributed by atoms with van der Waals surface area (Å²) in [4.78, 5) is 8.78. The fourth-order valence-electron chi connectivity index (χ4n) is 1.74. The van der Waals surface area contributed by atoms with Crippen LogP contribution >= 0.6 is 0 Å². The van der Waals surface area contributed by atoms with Gasteiger partial charge in [0.15, 0.2) is 0 Å². The molecule has 2 heterocycles. The molecule has 70 valence electrons. The summed E-state index contributed by atoms with van der Waals surface area (Å²) in [7, 11) is 0. The highest BCUT2D eigenvalue weighted by atomic mass is 16.4. The standard InChI is InChI=1S/C6H12N2.CH3NO2/c1-3-7-6-2-4-8-5(1)6;2-1(3)4/h5-8H,1-4H2;2H2,(H,3,4). The smallest absolute Gasteiger partial charge is 0.402 e. The van der Waals surface area contributed by atoms with Gasteiger partial charge in [0, 0.05) is 12.1 Å². The third-order valence-electron chi connectivity index (χ3n) is 2.21. The molecule has 5 heteroatoms. The highest BCUT2D eigenvalue weighted by molar-refractivity contribution is 5.61. The van der Waals surface area contributed by atoms with Gasteiger partial charge in [-0.05, 0) is 25.9 Å². The van der Waals surface area contributed by atoms with Crippen molar-refractivity contribution >= 4 is 6.09 Å². The number of fused-ring (bicyclic) bond motifs is 1. The van der Waals surface area contributed by atoms with Gasteiger partial charge < -0.3 is 21.5 Å². The first kappa shape index (κ1) is 9.28. The zero-order valence-corrected chi connectivity index (χ0v) is 6.92. The van der Waals surface area contributed by atoms with Crippen LogP contribution in [0.4, 0.5) is 4.79 Å². The third-order valence-corrected chi connectivity index (χ3v) is 2.21. The second-order valence-electron chi connectivity index (χ2n) is 3.04. The molecule has 2 saturated heterocycles. The first-order valence-corrected chi connectivity index (χ1v) is 4.15. The minimum atomic E-state index is -1.33. The van der Waals surface area contributed by atoms with Gasteiger partial charge in [-0.15, -0.1) is 0 Å². The number of rotatable bonds is 0. The summed E-state index contributed by atoms with van der Waals surface area (Å²) >= 11 is 0. The average Bonchev–Trinajstić information content (AvgIpc) is 2.40. The SMILES string of the molecule is C1CC2NCCC2N1.NC(=O)O. The second kappa shape index (κ2) is 4.27. The van der Waals surface area contributed by atoms with Gasteiger partial charge in [0.25, 0.3) is 0 Å². The van der Waals surface area contributed by atoms with Crippen molar-refractivity contribution in [2.24, 2.45) is 5.73 Å². The van der Waals surface area contributed by atoms with Crippen LogP contribution in [-0.2, 0) is 0 Å². The molecule has 0 aromatic rings. The molecule has 0 aromatic carbocycles. The van der Waals surface area contributed by atoms with E-state index >= 15 is 0 Å². The van der Waals surface area contributed by atoms with Gasteiger partial charge in [0.2, 0.25) is 0 Å². The number of nitrogens with two attached hydrogens (primary N) is 1. The molecule has 2 atom stereocenters. The largest absolute Gasteiger partial charge is 0.465 e. The lowest BCUT2D eigenvalue weighted by molar-refractivity contribution is 0.205. The van der Waals surface area contributed by atoms with Crippen LogP contribution in [-0.4, -0.2) is 36.4 Å². The molecule has 2 fully saturated rings. The van der Waals surface area contributed by atoms with Gasteiger partial charge >= 0.3 is 6.09 Å². The number of hydrogen-bond donors (Lipinski definition) is 4. The summed E-state index contributed by atoms with van der Waals surface area (Å²) in [5.41, 5.74) is 4.03. The fourth-order valence-corrected chi connectivity index (χ4v) is 1.74. The number of carbonyl (C=O) groups is 1. The highest BCUT2D eigenvalue weighted by Gasteiger charge is 2.29. The monoisotopic (exact) mass is 173 g/mol. The quantitative estimate of drug-likeness (QED) is 0.391. The van der Waals surface area contributed by atoms with Crippen molar-refractivity contribution in [1.29, 1.82) is 0 Å². The Labute approximate surface area is 71.3 Å². The van der Waals surface area contributed by atoms with E-state index in [-0.39, 0.29) is 0 Å². The van der Waals surface area contributed by atoms with Crippen molar-refractivity contribution in [3.05, 3.63) is 0 Å². The van der Waals surface area contributed by atoms with Crippen molar-refractivity contribution < 1.29 is 9.90 Å². The normalized spacial score (nSPS) is 32.0. The zero-order valence-electron chi connectivity index (χ0n) is 6.92. The maximum Gasteiger partial charge on any atom is 0.402 e. The van der Waals surface area contributed by atoms with E-state index in [0.717, 1.165) is 12.1 Å². The molecule has 0 radical (unpaired) electrons. The summed E-state index contributed by atoms with van der Waals surface area (Å²) in [5, 5.41) is 14.1. The highest BCUT2D eigenvalue weighted by Crippen LogP contribution is 2.14. The fraction of sp³-hybridized carbons (Fsp3) is 0.857. The van der Waals surface area contributed by atoms with Gasteiger partial charge in [-0.1, -0.05) is 0 Å². The summed E-state index contributed by atoms with van der Waals surface area (Å²) in [6.07, 6.45) is 1.34. The molecule has 0 bridgehead atoms. The molecule has 5 N–H and O–H groups in total. The van der Waals surface area contributed by atoms with Crippen LogP contribution in [0.2, 0.25) is 0 Å². The van der Waals surface area contributed by atoms with Crippen molar-refractivity contribution in [2.45, 2.75) is 24.9 Å². The molecule has 2 aliphatic heterocycles. The number of hydrogen-bond acceptors (Lipinski definition) is 3. The van der Waals surface area contributed by atoms with E-state index in [2.05, 4.69) is 16.4 Å². The maximum atomic E-state index is 8.78. The van der Waals surface area contributed by atoms with Gasteiger partial charge in [-0.25, -0.2) is 4.79 Å². The average molecular weight is 173 g/mol. The topological polar surface area (TPSA) is 87.4 Å². The Morgan fingerprint density at radius 2 is 1.58 bits per heavy atom. The maximum absolute atomic E-state index is 8.78. The summed E-state index contributed by atoms with van der Waals surface area (Å²) in [6.45, 7) is 2.45. The van der Waals surface area contributed by atoms with E-state index in [1.807, 2.05) is 0 Å². The van der Waals surface area contributed by atoms with Gasteiger partial charge in [0.05, 0.1) is 0 Å². The van der Waals surface area contributed by atoms with E-state index in [4.69, 9.17) is 9.90 Å². The first-order chi connectivity index (χ1) is 5.70. The van der Waals surface area contributed by atoms with Crippen LogP contribution < -0.4 is 16.4 Å². The van der Waals surface area contributed by atoms with Crippen LogP contribution in [0.15, 0.2) is 0 Å². The van der Waals surface area contributed by atoms with Crippen LogP contribution in [0.3, 0.4) is 0 Å². The molecule has 0 saturated carbocycles. The minimum Gasteiger partial charge on any atom is -0.465 e. The molecule has 2 aliphatic rings. The Kier molecular flexibility index (Phi) is 3.31. The first-order valence-electron chi connectivity index (χ1n) is 4.15. The van der Waals surface area contributed by atoms with E-state index < -0.39 is 6.09 Å². The van der Waals surface area contributed by atoms with Gasteiger partial charge in [0.1, 0.15) is 0 Å². The Balaban J connectivity index is 0.000000157. The van der Waals surface area contributed by atoms with Crippen molar-refractivity contribution in [2.75, 3.05) is 13.1 Å². The molecular formula is C7H15N3O2. The van der Waals surface area contributed by atoms with Crippen molar-refractivity contribution in [3.63, 3.8) is 0 Å². The molecule has 0 aromatic heterocycles. The molecule has 12 heavy (non-hydrogen) atoms. The lowest BCUT2D eigenvalue weighted by Gasteiger charge is -2.05. The van der Waals surface area contributed by atoms with E-state index in [1.165, 1.54) is 25.9 Å². The molecule has 5 nitrogen and oxygen atoms in total. The van der Waals surface area contributed by atoms with Crippen LogP contribution in [0, 0.1) is 0 Å². The Hall–Kier alpha value is -0.810. The van der Waals surface area contributed by atoms with E-state index in [1.54, 1.807) is 0 Å². The van der Waals surface area contributed by atoms with Crippen molar-refractivity contribution in [1.82, 2.24) is 10.6 Å². The number of amides is 1. The van der Waals surface area contributed by atoms with Crippen LogP contribution in [0.5, 0.6) is 0 Å². The lowest BCUT2D eigenvalue weighted by Crippen LogP contribution is -2.29. The molecule has 0 aliphatic carbocycles. The lowest BCUT2D eigenvalue weighted by atomic mass is 10.1. The number of nitrogens with one attached hydrogen (secondary N) is 2. The summed E-state index contributed by atoms with van der Waals surface area (Å²) in [5.74, 6) is 0. The van der Waals surface area contributed by atoms with Gasteiger partial charge in [-0.2, -0.15) is 0 Å². The Bertz CT molecular complexity index is 139. The zero-order chi connectivity index (χ0) is 8.97. The molecular weight excluding hydrogens is 158 g/mol.